The lowest BCUT2D eigenvalue weighted by Crippen LogP contribution is -2.49. The molecule has 204 valence electrons. The van der Waals surface area contributed by atoms with Gasteiger partial charge in [0.05, 0.1) is 23.2 Å². The topological polar surface area (TPSA) is 115 Å². The predicted molar refractivity (Wildman–Crippen MR) is 154 cm³/mol. The van der Waals surface area contributed by atoms with Crippen molar-refractivity contribution < 1.29 is 28.6 Å². The van der Waals surface area contributed by atoms with E-state index in [1.807, 2.05) is 37.3 Å². The molecule has 0 radical (unpaired) electrons. The molecule has 9 nitrogen and oxygen atoms in total. The van der Waals surface area contributed by atoms with E-state index in [0.29, 0.717) is 40.3 Å². The van der Waals surface area contributed by atoms with Gasteiger partial charge in [-0.05, 0) is 82.6 Å². The van der Waals surface area contributed by atoms with Crippen LogP contribution in [0.3, 0.4) is 0 Å². The van der Waals surface area contributed by atoms with E-state index >= 15 is 0 Å². The average molecular weight is 615 g/mol. The molecule has 2 amide bonds. The minimum absolute atomic E-state index is 0.0948. The second-order valence-electron chi connectivity index (χ2n) is 8.13. The van der Waals surface area contributed by atoms with Crippen LogP contribution in [-0.4, -0.2) is 42.7 Å². The van der Waals surface area contributed by atoms with Crippen LogP contribution < -0.4 is 25.6 Å². The molecule has 0 saturated heterocycles. The van der Waals surface area contributed by atoms with Gasteiger partial charge in [-0.25, -0.2) is 4.79 Å². The first kappa shape index (κ1) is 29.6. The highest BCUT2D eigenvalue weighted by Gasteiger charge is 2.12. The molecule has 0 aliphatic carbocycles. The van der Waals surface area contributed by atoms with Crippen molar-refractivity contribution in [2.45, 2.75) is 19.8 Å². The number of carbonyl (C=O) groups is 3. The van der Waals surface area contributed by atoms with Crippen molar-refractivity contribution in [3.8, 4) is 11.5 Å². The third-order valence-corrected chi connectivity index (χ3v) is 5.95. The molecule has 0 aliphatic rings. The normalized spacial score (nSPS) is 10.2. The van der Waals surface area contributed by atoms with Gasteiger partial charge in [0.1, 0.15) is 11.5 Å². The monoisotopic (exact) mass is 613 g/mol. The smallest absolute Gasteiger partial charge is 0.338 e. The van der Waals surface area contributed by atoms with Gasteiger partial charge >= 0.3 is 5.97 Å². The molecular weight excluding hydrogens is 586 g/mol. The standard InChI is InChI=1S/C28H28BrN3O6S/c1-2-15-37-27(35)20-8-11-22(12-9-20)38-18-25(33)31-32-28(39)30-26(34)21-10-13-24(23(29)17-21)36-16-14-19-6-4-3-5-7-19/h3-13,17H,2,14-16,18H2,1H3,(H,31,33)(H2,30,32,34,39). The van der Waals surface area contributed by atoms with E-state index in [-0.39, 0.29) is 11.7 Å². The Morgan fingerprint density at radius 1 is 0.872 bits per heavy atom. The maximum Gasteiger partial charge on any atom is 0.338 e. The summed E-state index contributed by atoms with van der Waals surface area (Å²) in [7, 11) is 0. The summed E-state index contributed by atoms with van der Waals surface area (Å²) in [4.78, 5) is 36.4. The number of ether oxygens (including phenoxy) is 3. The fourth-order valence-corrected chi connectivity index (χ4v) is 3.80. The number of rotatable bonds is 11. The first-order valence-corrected chi connectivity index (χ1v) is 13.3. The third kappa shape index (κ3) is 10.0. The fourth-order valence-electron chi connectivity index (χ4n) is 3.17. The van der Waals surface area contributed by atoms with Gasteiger partial charge in [0, 0.05) is 12.0 Å². The molecule has 0 unspecified atom stereocenters. The number of hydrazine groups is 1. The Hall–Kier alpha value is -3.96. The number of thiocarbonyl (C=S) groups is 1. The van der Waals surface area contributed by atoms with E-state index in [1.165, 1.54) is 5.56 Å². The molecule has 3 N–H and O–H groups in total. The van der Waals surface area contributed by atoms with Crippen molar-refractivity contribution in [3.63, 3.8) is 0 Å². The lowest BCUT2D eigenvalue weighted by Gasteiger charge is -2.13. The van der Waals surface area contributed by atoms with Gasteiger partial charge in [-0.2, -0.15) is 0 Å². The molecule has 11 heteroatoms. The van der Waals surface area contributed by atoms with E-state index < -0.39 is 17.8 Å². The molecule has 3 aromatic rings. The van der Waals surface area contributed by atoms with Crippen LogP contribution in [0.15, 0.2) is 77.3 Å². The van der Waals surface area contributed by atoms with Crippen molar-refractivity contribution >= 4 is 51.0 Å². The van der Waals surface area contributed by atoms with Crippen molar-refractivity contribution in [1.29, 1.82) is 0 Å². The minimum Gasteiger partial charge on any atom is -0.492 e. The second-order valence-corrected chi connectivity index (χ2v) is 9.40. The Morgan fingerprint density at radius 3 is 2.28 bits per heavy atom. The molecular formula is C28H28BrN3O6S. The summed E-state index contributed by atoms with van der Waals surface area (Å²) in [6, 6.07) is 21.1. The molecule has 0 saturated carbocycles. The van der Waals surface area contributed by atoms with Crippen LogP contribution in [0, 0.1) is 0 Å². The Labute approximate surface area is 240 Å². The number of hydrogen-bond donors (Lipinski definition) is 3. The van der Waals surface area contributed by atoms with E-state index in [1.54, 1.807) is 42.5 Å². The number of esters is 1. The number of halogens is 1. The number of benzene rings is 3. The molecule has 0 aliphatic heterocycles. The highest BCUT2D eigenvalue weighted by atomic mass is 79.9. The number of hydrogen-bond acceptors (Lipinski definition) is 7. The minimum atomic E-state index is -0.530. The van der Waals surface area contributed by atoms with Crippen molar-refractivity contribution in [2.75, 3.05) is 19.8 Å². The molecule has 0 spiro atoms. The maximum atomic E-state index is 12.5. The van der Waals surface area contributed by atoms with Crippen LogP contribution in [0.2, 0.25) is 0 Å². The Morgan fingerprint density at radius 2 is 1.59 bits per heavy atom. The van der Waals surface area contributed by atoms with Crippen LogP contribution in [0.1, 0.15) is 39.6 Å². The highest BCUT2D eigenvalue weighted by Crippen LogP contribution is 2.26. The second kappa shape index (κ2) is 15.5. The van der Waals surface area contributed by atoms with Crippen LogP contribution in [-0.2, 0) is 16.0 Å². The van der Waals surface area contributed by atoms with E-state index in [0.717, 1.165) is 12.8 Å². The van der Waals surface area contributed by atoms with Gasteiger partial charge in [-0.1, -0.05) is 37.3 Å². The van der Waals surface area contributed by atoms with Crippen molar-refractivity contribution in [3.05, 3.63) is 94.0 Å². The lowest BCUT2D eigenvalue weighted by molar-refractivity contribution is -0.123. The van der Waals surface area contributed by atoms with Gasteiger partial charge in [-0.15, -0.1) is 0 Å². The molecule has 3 aromatic carbocycles. The maximum absolute atomic E-state index is 12.5. The Bertz CT molecular complexity index is 1290. The molecule has 0 aromatic heterocycles. The first-order valence-electron chi connectivity index (χ1n) is 12.1. The summed E-state index contributed by atoms with van der Waals surface area (Å²) in [6.07, 6.45) is 1.49. The number of carbonyl (C=O) groups excluding carboxylic acids is 3. The first-order chi connectivity index (χ1) is 18.9. The SMILES string of the molecule is CCCOC(=O)c1ccc(OCC(=O)NNC(=S)NC(=O)c2ccc(OCCc3ccccc3)c(Br)c2)cc1. The van der Waals surface area contributed by atoms with E-state index in [2.05, 4.69) is 32.1 Å². The molecule has 0 heterocycles. The van der Waals surface area contributed by atoms with Gasteiger partial charge in [0.15, 0.2) is 11.7 Å². The van der Waals surface area contributed by atoms with Gasteiger partial charge in [-0.3, -0.25) is 25.8 Å². The van der Waals surface area contributed by atoms with Gasteiger partial charge < -0.3 is 14.2 Å². The molecule has 39 heavy (non-hydrogen) atoms. The zero-order chi connectivity index (χ0) is 28.0. The van der Waals surface area contributed by atoms with Crippen LogP contribution in [0.5, 0.6) is 11.5 Å². The largest absolute Gasteiger partial charge is 0.492 e. The summed E-state index contributed by atoms with van der Waals surface area (Å²) in [5.74, 6) is -0.408. The average Bonchev–Trinajstić information content (AvgIpc) is 2.95. The summed E-state index contributed by atoms with van der Waals surface area (Å²) in [6.45, 7) is 2.43. The van der Waals surface area contributed by atoms with Crippen LogP contribution in [0.4, 0.5) is 0 Å². The third-order valence-electron chi connectivity index (χ3n) is 5.12. The quantitative estimate of drug-likeness (QED) is 0.166. The number of amides is 2. The van der Waals surface area contributed by atoms with Crippen LogP contribution >= 0.6 is 28.1 Å². The summed E-state index contributed by atoms with van der Waals surface area (Å²) in [5.41, 5.74) is 6.71. The zero-order valence-corrected chi connectivity index (χ0v) is 23.6. The molecule has 0 bridgehead atoms. The zero-order valence-electron chi connectivity index (χ0n) is 21.2. The van der Waals surface area contributed by atoms with Gasteiger partial charge in [0.25, 0.3) is 11.8 Å². The fraction of sp³-hybridized carbons (Fsp3) is 0.214. The molecule has 3 rings (SSSR count). The molecule has 0 atom stereocenters. The van der Waals surface area contributed by atoms with Crippen LogP contribution in [0.25, 0.3) is 0 Å². The number of nitrogens with one attached hydrogen (secondary N) is 3. The van der Waals surface area contributed by atoms with Crippen molar-refractivity contribution in [2.24, 2.45) is 0 Å². The van der Waals surface area contributed by atoms with Gasteiger partial charge in [0.2, 0.25) is 0 Å². The van der Waals surface area contributed by atoms with E-state index in [4.69, 9.17) is 26.4 Å². The Balaban J connectivity index is 1.37. The summed E-state index contributed by atoms with van der Waals surface area (Å²) in [5, 5.41) is 2.39. The lowest BCUT2D eigenvalue weighted by atomic mass is 10.2. The predicted octanol–water partition coefficient (Wildman–Crippen LogP) is 4.35. The Kier molecular flexibility index (Phi) is 11.7. The van der Waals surface area contributed by atoms with E-state index in [9.17, 15) is 14.4 Å². The summed E-state index contributed by atoms with van der Waals surface area (Å²) < 4.78 is 16.9. The highest BCUT2D eigenvalue weighted by molar-refractivity contribution is 9.10. The summed E-state index contributed by atoms with van der Waals surface area (Å²) >= 11 is 8.51. The molecule has 0 fully saturated rings. The van der Waals surface area contributed by atoms with Crippen molar-refractivity contribution in [1.82, 2.24) is 16.2 Å².